The molecule has 1 heterocycles. The van der Waals surface area contributed by atoms with Crippen molar-refractivity contribution < 1.29 is 30.7 Å². The summed E-state index contributed by atoms with van der Waals surface area (Å²) in [6.45, 7) is 5.33. The summed E-state index contributed by atoms with van der Waals surface area (Å²) in [5.74, 6) is 0.133. The van der Waals surface area contributed by atoms with E-state index in [4.69, 9.17) is 4.42 Å². The maximum atomic E-state index is 12.5. The predicted octanol–water partition coefficient (Wildman–Crippen LogP) is 3.54. The second kappa shape index (κ2) is 8.77. The van der Waals surface area contributed by atoms with Crippen molar-refractivity contribution in [3.63, 3.8) is 0 Å². The van der Waals surface area contributed by atoms with Gasteiger partial charge in [-0.1, -0.05) is 13.8 Å². The number of rotatable bonds is 9. The van der Waals surface area contributed by atoms with Crippen LogP contribution >= 0.6 is 0 Å². The molecule has 0 saturated heterocycles. The maximum Gasteiger partial charge on any atom is 0.573 e. The number of ether oxygens (including phenoxy) is 1. The Morgan fingerprint density at radius 3 is 2.26 bits per heavy atom. The van der Waals surface area contributed by atoms with Crippen LogP contribution in [0.1, 0.15) is 25.6 Å². The molecule has 0 amide bonds. The Hall–Kier alpha value is -2.04. The Balaban J connectivity index is 2.12. The molecular formula is C17H21F3N2O4S. The minimum Gasteiger partial charge on any atom is -0.468 e. The van der Waals surface area contributed by atoms with Crippen LogP contribution in [-0.2, 0) is 10.0 Å². The third-order valence-corrected chi connectivity index (χ3v) is 5.40. The van der Waals surface area contributed by atoms with E-state index in [-0.39, 0.29) is 17.5 Å². The Kier molecular flexibility index (Phi) is 6.90. The number of sulfonamides is 1. The van der Waals surface area contributed by atoms with E-state index in [2.05, 4.69) is 9.46 Å². The molecule has 0 bridgehead atoms. The standard InChI is InChI=1S/C17H21F3N2O4S/c1-3-22(4-2)15(16-6-5-11-25-16)12-21-27(23,24)14-9-7-13(8-10-14)26-17(18,19)20/h5-11,15,21H,3-4,12H2,1-2H3. The van der Waals surface area contributed by atoms with Crippen LogP contribution in [0, 0.1) is 0 Å². The summed E-state index contributed by atoms with van der Waals surface area (Å²) in [4.78, 5) is 1.87. The van der Waals surface area contributed by atoms with Crippen molar-refractivity contribution in [1.82, 2.24) is 9.62 Å². The van der Waals surface area contributed by atoms with E-state index in [1.165, 1.54) is 6.26 Å². The van der Waals surface area contributed by atoms with Gasteiger partial charge >= 0.3 is 6.36 Å². The smallest absolute Gasteiger partial charge is 0.468 e. The first-order chi connectivity index (χ1) is 12.7. The van der Waals surface area contributed by atoms with Crippen LogP contribution in [0.3, 0.4) is 0 Å². The SMILES string of the molecule is CCN(CC)C(CNS(=O)(=O)c1ccc(OC(F)(F)F)cc1)c1ccco1. The zero-order valence-electron chi connectivity index (χ0n) is 14.9. The Bertz CT molecular complexity index is 802. The molecule has 0 aliphatic rings. The molecule has 2 aromatic rings. The summed E-state index contributed by atoms with van der Waals surface area (Å²) in [7, 11) is -3.91. The zero-order chi connectivity index (χ0) is 20.1. The summed E-state index contributed by atoms with van der Waals surface area (Å²) in [6, 6.07) is 7.20. The van der Waals surface area contributed by atoms with Gasteiger partial charge in [-0.3, -0.25) is 4.90 Å². The lowest BCUT2D eigenvalue weighted by molar-refractivity contribution is -0.274. The van der Waals surface area contributed by atoms with Gasteiger partial charge in [-0.15, -0.1) is 13.2 Å². The summed E-state index contributed by atoms with van der Waals surface area (Å²) in [5, 5.41) is 0. The van der Waals surface area contributed by atoms with Gasteiger partial charge in [0, 0.05) is 6.54 Å². The van der Waals surface area contributed by atoms with Crippen molar-refractivity contribution in [3.8, 4) is 5.75 Å². The molecular weight excluding hydrogens is 385 g/mol. The number of hydrogen-bond acceptors (Lipinski definition) is 5. The van der Waals surface area contributed by atoms with Crippen LogP contribution in [0.15, 0.2) is 52.0 Å². The molecule has 10 heteroatoms. The fraction of sp³-hybridized carbons (Fsp3) is 0.412. The van der Waals surface area contributed by atoms with Gasteiger partial charge in [0.1, 0.15) is 11.5 Å². The minimum atomic E-state index is -4.83. The molecule has 1 aromatic heterocycles. The molecule has 1 aromatic carbocycles. The molecule has 1 unspecified atom stereocenters. The number of halogens is 3. The van der Waals surface area contributed by atoms with E-state index in [0.29, 0.717) is 18.8 Å². The third-order valence-electron chi connectivity index (χ3n) is 3.96. The van der Waals surface area contributed by atoms with Gasteiger partial charge in [0.15, 0.2) is 0 Å². The maximum absolute atomic E-state index is 12.5. The first kappa shape index (κ1) is 21.3. The average Bonchev–Trinajstić information content (AvgIpc) is 3.12. The van der Waals surface area contributed by atoms with Crippen molar-refractivity contribution in [2.75, 3.05) is 19.6 Å². The van der Waals surface area contributed by atoms with Crippen molar-refractivity contribution >= 4 is 10.0 Å². The highest BCUT2D eigenvalue weighted by Crippen LogP contribution is 2.25. The zero-order valence-corrected chi connectivity index (χ0v) is 15.7. The largest absolute Gasteiger partial charge is 0.573 e. The predicted molar refractivity (Wildman–Crippen MR) is 92.7 cm³/mol. The highest BCUT2D eigenvalue weighted by atomic mass is 32.2. The van der Waals surface area contributed by atoms with Crippen LogP contribution in [0.2, 0.25) is 0 Å². The number of hydrogen-bond donors (Lipinski definition) is 1. The van der Waals surface area contributed by atoms with E-state index in [1.807, 2.05) is 18.7 Å². The van der Waals surface area contributed by atoms with Crippen LogP contribution in [0.5, 0.6) is 5.75 Å². The van der Waals surface area contributed by atoms with Gasteiger partial charge < -0.3 is 9.15 Å². The van der Waals surface area contributed by atoms with Gasteiger partial charge in [-0.25, -0.2) is 13.1 Å². The monoisotopic (exact) mass is 406 g/mol. The van der Waals surface area contributed by atoms with Crippen molar-refractivity contribution in [2.24, 2.45) is 0 Å². The van der Waals surface area contributed by atoms with E-state index >= 15 is 0 Å². The number of likely N-dealkylation sites (N-methyl/N-ethyl adjacent to an activating group) is 1. The minimum absolute atomic E-state index is 0.0539. The number of furan rings is 1. The van der Waals surface area contributed by atoms with Gasteiger partial charge in [-0.2, -0.15) is 0 Å². The fourth-order valence-corrected chi connectivity index (χ4v) is 3.69. The molecule has 0 spiro atoms. The normalized spacial score (nSPS) is 13.7. The summed E-state index contributed by atoms with van der Waals surface area (Å²) < 4.78 is 73.2. The van der Waals surface area contributed by atoms with Crippen LogP contribution < -0.4 is 9.46 Å². The molecule has 0 aliphatic heterocycles. The highest BCUT2D eigenvalue weighted by molar-refractivity contribution is 7.89. The number of nitrogens with zero attached hydrogens (tertiary/aromatic N) is 1. The second-order valence-electron chi connectivity index (χ2n) is 5.62. The molecule has 0 fully saturated rings. The van der Waals surface area contributed by atoms with E-state index in [9.17, 15) is 21.6 Å². The van der Waals surface area contributed by atoms with Crippen molar-refractivity contribution in [3.05, 3.63) is 48.4 Å². The van der Waals surface area contributed by atoms with E-state index in [0.717, 1.165) is 24.3 Å². The lowest BCUT2D eigenvalue weighted by Gasteiger charge is -2.28. The summed E-state index contributed by atoms with van der Waals surface area (Å²) >= 11 is 0. The Morgan fingerprint density at radius 1 is 1.15 bits per heavy atom. The Labute approximate surface area is 156 Å². The molecule has 27 heavy (non-hydrogen) atoms. The second-order valence-corrected chi connectivity index (χ2v) is 7.39. The first-order valence-electron chi connectivity index (χ1n) is 8.29. The highest BCUT2D eigenvalue weighted by Gasteiger charge is 2.31. The average molecular weight is 406 g/mol. The molecule has 0 radical (unpaired) electrons. The van der Waals surface area contributed by atoms with Crippen molar-refractivity contribution in [2.45, 2.75) is 31.1 Å². The van der Waals surface area contributed by atoms with E-state index in [1.54, 1.807) is 12.1 Å². The lowest BCUT2D eigenvalue weighted by atomic mass is 10.2. The topological polar surface area (TPSA) is 71.8 Å². The van der Waals surface area contributed by atoms with Gasteiger partial charge in [-0.05, 0) is 49.5 Å². The summed E-state index contributed by atoms with van der Waals surface area (Å²) in [5.41, 5.74) is 0. The number of benzene rings is 1. The van der Waals surface area contributed by atoms with Crippen LogP contribution in [-0.4, -0.2) is 39.3 Å². The third kappa shape index (κ3) is 5.98. The molecule has 2 rings (SSSR count). The lowest BCUT2D eigenvalue weighted by Crippen LogP contribution is -2.37. The Morgan fingerprint density at radius 2 is 1.78 bits per heavy atom. The van der Waals surface area contributed by atoms with Crippen LogP contribution in [0.25, 0.3) is 0 Å². The summed E-state index contributed by atoms with van der Waals surface area (Å²) in [6.07, 6.45) is -3.32. The quantitative estimate of drug-likeness (QED) is 0.690. The van der Waals surface area contributed by atoms with E-state index < -0.39 is 22.1 Å². The van der Waals surface area contributed by atoms with Gasteiger partial charge in [0.2, 0.25) is 10.0 Å². The molecule has 1 N–H and O–H groups in total. The van der Waals surface area contributed by atoms with Gasteiger partial charge in [0.25, 0.3) is 0 Å². The molecule has 1 atom stereocenters. The molecule has 6 nitrogen and oxygen atoms in total. The molecule has 0 aliphatic carbocycles. The first-order valence-corrected chi connectivity index (χ1v) is 9.77. The number of alkyl halides is 3. The van der Waals surface area contributed by atoms with Crippen LogP contribution in [0.4, 0.5) is 13.2 Å². The fourth-order valence-electron chi connectivity index (χ4n) is 2.65. The molecule has 0 saturated carbocycles. The number of nitrogens with one attached hydrogen (secondary N) is 1. The van der Waals surface area contributed by atoms with Crippen molar-refractivity contribution in [1.29, 1.82) is 0 Å². The molecule has 150 valence electrons. The van der Waals surface area contributed by atoms with Gasteiger partial charge in [0.05, 0.1) is 17.2 Å².